The van der Waals surface area contributed by atoms with Crippen molar-refractivity contribution in [1.82, 2.24) is 36.3 Å². The Morgan fingerprint density at radius 1 is 0.824 bits per heavy atom. The number of nitrogen functional groups attached to an aromatic ring is 1. The predicted octanol–water partition coefficient (Wildman–Crippen LogP) is 7.20. The molecule has 7 atom stereocenters. The van der Waals surface area contributed by atoms with E-state index in [1.54, 1.807) is 0 Å². The van der Waals surface area contributed by atoms with Gasteiger partial charge in [0.25, 0.3) is 0 Å². The van der Waals surface area contributed by atoms with Gasteiger partial charge >= 0.3 is 23.5 Å². The molecule has 0 radical (unpaired) electrons. The Hall–Kier alpha value is -2.74. The van der Waals surface area contributed by atoms with E-state index < -0.39 is 84.6 Å². The summed E-state index contributed by atoms with van der Waals surface area (Å²) in [5.74, 6) is -1.02. The largest absolute Gasteiger partial charge is 0.481 e. The number of hydrogen-bond acceptors (Lipinski definition) is 19. The Morgan fingerprint density at radius 3 is 1.99 bits per heavy atom. The van der Waals surface area contributed by atoms with Crippen molar-refractivity contribution in [2.45, 2.75) is 186 Å². The zero-order valence-electron chi connectivity index (χ0n) is 43.1. The number of nitrogens with one attached hydrogen (secondary N) is 2. The molecular weight excluding hydrogens is 1050 g/mol. The van der Waals surface area contributed by atoms with Gasteiger partial charge in [-0.3, -0.25) is 32.5 Å². The quantitative estimate of drug-likeness (QED) is 0.0179. The molecule has 74 heavy (non-hydrogen) atoms. The third kappa shape index (κ3) is 26.5. The molecule has 426 valence electrons. The van der Waals surface area contributed by atoms with Gasteiger partial charge in [-0.25, -0.2) is 28.6 Å². The molecule has 2 unspecified atom stereocenters. The van der Waals surface area contributed by atoms with E-state index in [0.717, 1.165) is 48.2 Å². The number of hydrogen-bond donors (Lipinski definition) is 10. The Balaban J connectivity index is 0.0000187. The minimum atomic E-state index is -5.58. The van der Waals surface area contributed by atoms with Crippen LogP contribution in [0.3, 0.4) is 0 Å². The number of carbonyl (C=O) groups is 3. The third-order valence-electron chi connectivity index (χ3n) is 11.9. The lowest BCUT2D eigenvalue weighted by Gasteiger charge is -2.30. The maximum absolute atomic E-state index is 12.8. The molecule has 13 N–H and O–H groups in total. The summed E-state index contributed by atoms with van der Waals surface area (Å²) in [6.07, 6.45) is 22.0. The number of nitrogens with two attached hydrogens (primary N) is 1. The molecule has 0 bridgehead atoms. The van der Waals surface area contributed by atoms with E-state index in [-0.39, 0.29) is 47.8 Å². The predicted molar refractivity (Wildman–Crippen MR) is 279 cm³/mol. The average molecular weight is 1130 g/mol. The van der Waals surface area contributed by atoms with Crippen LogP contribution in [0.2, 0.25) is 0 Å². The lowest BCUT2D eigenvalue weighted by atomic mass is 9.87. The molecular formula is C45H83N8O17P3S. The molecule has 2 aromatic heterocycles. The molecule has 1 fully saturated rings. The van der Waals surface area contributed by atoms with Crippen LogP contribution >= 0.6 is 35.2 Å². The van der Waals surface area contributed by atoms with Gasteiger partial charge in [0.05, 0.1) is 19.5 Å². The van der Waals surface area contributed by atoms with Gasteiger partial charge in [0.2, 0.25) is 11.8 Å². The molecule has 1 aliphatic heterocycles. The van der Waals surface area contributed by atoms with Gasteiger partial charge in [-0.05, 0) is 32.1 Å². The summed E-state index contributed by atoms with van der Waals surface area (Å²) in [7, 11) is -16.4. The van der Waals surface area contributed by atoms with Crippen LogP contribution in [-0.4, -0.2) is 123 Å². The fraction of sp³-hybridized carbons (Fsp3) is 0.778. The fourth-order valence-corrected chi connectivity index (χ4v) is 11.3. The average Bonchev–Trinajstić information content (AvgIpc) is 3.88. The van der Waals surface area contributed by atoms with Crippen LogP contribution in [0.15, 0.2) is 24.8 Å². The Bertz CT molecular complexity index is 2150. The number of anilines is 1. The normalized spacial score (nSPS) is 19.3. The standard InChI is InChI=1S/C45H80N7O17P3S.H3N/c1-4-5-6-7-8-9-10-11-12-13-14-15-16-17-18-19-20-21-22-23-24-25-36(54)73-29-28-47-35(53)26-27-48-43(57)40(56)45(2,3)31-66-72(63,64)69-71(61,62)65-30-34-39(68-70(58,59)60)38(55)44(67-34)52-33-51-37-41(46)49-32-50-42(37)52;/h11-12,32-34,38-40,44,55-56H,4-10,13-31H2,1-3H3,(H,47,53)(H,48,57)(H,61,62)(H,63,64)(H2,46,49,50)(H2,58,59,60);1H3/b12-11-;/t34-,38-,39-,40+,44-;/m1./s1. The number of rotatable bonds is 40. The van der Waals surface area contributed by atoms with Gasteiger partial charge in [0.15, 0.2) is 22.8 Å². The molecule has 0 aliphatic carbocycles. The first-order chi connectivity index (χ1) is 34.6. The fourth-order valence-electron chi connectivity index (χ4n) is 7.77. The van der Waals surface area contributed by atoms with E-state index >= 15 is 0 Å². The molecule has 29 heteroatoms. The van der Waals surface area contributed by atoms with Gasteiger partial charge in [0.1, 0.15) is 36.3 Å². The molecule has 25 nitrogen and oxygen atoms in total. The van der Waals surface area contributed by atoms with Crippen LogP contribution in [0, 0.1) is 5.41 Å². The van der Waals surface area contributed by atoms with Crippen LogP contribution in [-0.2, 0) is 50.7 Å². The van der Waals surface area contributed by atoms with Gasteiger partial charge in [-0.1, -0.05) is 135 Å². The van der Waals surface area contributed by atoms with E-state index in [2.05, 4.69) is 53.5 Å². The lowest BCUT2D eigenvalue weighted by molar-refractivity contribution is -0.137. The molecule has 0 saturated carbocycles. The van der Waals surface area contributed by atoms with E-state index in [1.165, 1.54) is 117 Å². The van der Waals surface area contributed by atoms with E-state index in [0.29, 0.717) is 12.2 Å². The summed E-state index contributed by atoms with van der Waals surface area (Å²) in [5.41, 5.74) is 4.29. The number of phosphoric ester groups is 3. The molecule has 0 spiro atoms. The van der Waals surface area contributed by atoms with Crippen molar-refractivity contribution in [1.29, 1.82) is 0 Å². The molecule has 2 amide bonds. The lowest BCUT2D eigenvalue weighted by Crippen LogP contribution is -2.46. The first kappa shape index (κ1) is 67.4. The second kappa shape index (κ2) is 34.9. The molecule has 3 heterocycles. The van der Waals surface area contributed by atoms with Gasteiger partial charge in [0, 0.05) is 37.1 Å². The number of aliphatic hydroxyl groups is 2. The Morgan fingerprint density at radius 2 is 1.39 bits per heavy atom. The van der Waals surface area contributed by atoms with Crippen molar-refractivity contribution in [2.75, 3.05) is 37.8 Å². The number of amides is 2. The number of thioether (sulfide) groups is 1. The summed E-state index contributed by atoms with van der Waals surface area (Å²) in [6.45, 7) is 2.83. The highest BCUT2D eigenvalue weighted by molar-refractivity contribution is 8.13. The molecule has 1 aliphatic rings. The number of aromatic nitrogens is 4. The van der Waals surface area contributed by atoms with Gasteiger partial charge < -0.3 is 57.0 Å². The summed E-state index contributed by atoms with van der Waals surface area (Å²) in [5, 5.41) is 26.7. The zero-order chi connectivity index (χ0) is 53.9. The number of carbonyl (C=O) groups excluding carboxylic acids is 3. The van der Waals surface area contributed by atoms with E-state index in [4.69, 9.17) is 19.5 Å². The summed E-state index contributed by atoms with van der Waals surface area (Å²) in [6, 6.07) is 0. The minimum Gasteiger partial charge on any atom is -0.386 e. The van der Waals surface area contributed by atoms with Crippen molar-refractivity contribution in [3.63, 3.8) is 0 Å². The molecule has 1 saturated heterocycles. The van der Waals surface area contributed by atoms with Gasteiger partial charge in [-0.2, -0.15) is 4.31 Å². The summed E-state index contributed by atoms with van der Waals surface area (Å²) >= 11 is 1.16. The maximum atomic E-state index is 12.8. The minimum absolute atomic E-state index is 0. The smallest absolute Gasteiger partial charge is 0.386 e. The number of fused-ring (bicyclic) bond motifs is 1. The van der Waals surface area contributed by atoms with Crippen LogP contribution < -0.4 is 22.5 Å². The van der Waals surface area contributed by atoms with Crippen LogP contribution in [0.5, 0.6) is 0 Å². The molecule has 0 aromatic carbocycles. The van der Waals surface area contributed by atoms with E-state index in [1.807, 2.05) is 0 Å². The first-order valence-electron chi connectivity index (χ1n) is 25.3. The molecule has 3 rings (SSSR count). The van der Waals surface area contributed by atoms with Crippen molar-refractivity contribution in [3.8, 4) is 0 Å². The highest BCUT2D eigenvalue weighted by atomic mass is 32.2. The van der Waals surface area contributed by atoms with Crippen molar-refractivity contribution < 1.29 is 80.5 Å². The van der Waals surface area contributed by atoms with Crippen LogP contribution in [0.4, 0.5) is 5.82 Å². The zero-order valence-corrected chi connectivity index (χ0v) is 46.6. The van der Waals surface area contributed by atoms with Crippen LogP contribution in [0.1, 0.15) is 162 Å². The van der Waals surface area contributed by atoms with Crippen LogP contribution in [0.25, 0.3) is 11.2 Å². The number of allylic oxidation sites excluding steroid dienone is 2. The maximum Gasteiger partial charge on any atom is 0.481 e. The van der Waals surface area contributed by atoms with Crippen molar-refractivity contribution in [2.24, 2.45) is 5.41 Å². The van der Waals surface area contributed by atoms with E-state index in [9.17, 15) is 57.9 Å². The number of aliphatic hydroxyl groups excluding tert-OH is 2. The number of imidazole rings is 1. The second-order valence-electron chi connectivity index (χ2n) is 18.7. The number of phosphoric acid groups is 3. The third-order valence-corrected chi connectivity index (χ3v) is 15.9. The number of ether oxygens (including phenoxy) is 1. The number of unbranched alkanes of at least 4 members (excludes halogenated alkanes) is 17. The monoisotopic (exact) mass is 1130 g/mol. The first-order valence-corrected chi connectivity index (χ1v) is 30.8. The van der Waals surface area contributed by atoms with Crippen molar-refractivity contribution in [3.05, 3.63) is 24.8 Å². The highest BCUT2D eigenvalue weighted by Gasteiger charge is 2.50. The van der Waals surface area contributed by atoms with Crippen molar-refractivity contribution >= 4 is 69.1 Å². The Labute approximate surface area is 438 Å². The topological polar surface area (TPSA) is 399 Å². The summed E-state index contributed by atoms with van der Waals surface area (Å²) < 4.78 is 62.5. The second-order valence-corrected chi connectivity index (χ2v) is 24.1. The van der Waals surface area contributed by atoms with Gasteiger partial charge in [-0.15, -0.1) is 0 Å². The SMILES string of the molecule is CCCCCCCC/C=C\CCCCCCCCCCCCCC(=O)SCCNC(=O)CCNC(=O)[C@H](O)C(C)(C)COP(=O)(O)OP(=O)(O)OC[C@H]1O[C@@H](n2cnc3c(N)ncnc32)[C@H](O)[C@@H]1OP(=O)(O)O.N. The summed E-state index contributed by atoms with van der Waals surface area (Å²) in [4.78, 5) is 88.6. The number of nitrogens with zero attached hydrogens (tertiary/aromatic N) is 4. The Kier molecular flexibility index (Phi) is 31.8. The highest BCUT2D eigenvalue weighted by Crippen LogP contribution is 2.61. The molecule has 2 aromatic rings.